The van der Waals surface area contributed by atoms with Gasteiger partial charge in [0.25, 0.3) is 5.92 Å². The van der Waals surface area contributed by atoms with Crippen molar-refractivity contribution in [3.05, 3.63) is 42.5 Å². The second-order valence-electron chi connectivity index (χ2n) is 9.45. The summed E-state index contributed by atoms with van der Waals surface area (Å²) in [5.41, 5.74) is 1.22. The van der Waals surface area contributed by atoms with Gasteiger partial charge in [-0.15, -0.1) is 10.2 Å². The summed E-state index contributed by atoms with van der Waals surface area (Å²) in [6.07, 6.45) is 3.71. The van der Waals surface area contributed by atoms with Gasteiger partial charge in [-0.05, 0) is 39.0 Å². The van der Waals surface area contributed by atoms with E-state index in [0.717, 1.165) is 5.56 Å². The van der Waals surface area contributed by atoms with Crippen molar-refractivity contribution >= 4 is 11.9 Å². The maximum Gasteiger partial charge on any atom is 0.408 e. The van der Waals surface area contributed by atoms with Crippen LogP contribution in [-0.2, 0) is 11.3 Å². The van der Waals surface area contributed by atoms with E-state index < -0.39 is 30.1 Å². The third kappa shape index (κ3) is 6.20. The van der Waals surface area contributed by atoms with E-state index in [1.165, 1.54) is 0 Å². The zero-order valence-corrected chi connectivity index (χ0v) is 20.5. The number of halogens is 2. The fourth-order valence-corrected chi connectivity index (χ4v) is 3.66. The van der Waals surface area contributed by atoms with Gasteiger partial charge in [-0.3, -0.25) is 4.98 Å². The number of hydrogen-bond donors (Lipinski definition) is 1. The van der Waals surface area contributed by atoms with Crippen molar-refractivity contribution in [3.63, 3.8) is 0 Å². The van der Waals surface area contributed by atoms with Crippen LogP contribution in [0.25, 0.3) is 11.3 Å². The van der Waals surface area contributed by atoms with E-state index in [-0.39, 0.29) is 13.1 Å². The molecule has 3 aromatic rings. The first kappa shape index (κ1) is 25.2. The molecular formula is C23H28F2N8O3. The van der Waals surface area contributed by atoms with Crippen molar-refractivity contribution in [2.24, 2.45) is 0 Å². The summed E-state index contributed by atoms with van der Waals surface area (Å²) in [6, 6.07) is 3.85. The van der Waals surface area contributed by atoms with Gasteiger partial charge in [0, 0.05) is 31.3 Å². The van der Waals surface area contributed by atoms with Gasteiger partial charge in [0.15, 0.2) is 5.82 Å². The van der Waals surface area contributed by atoms with Crippen molar-refractivity contribution in [2.45, 2.75) is 51.3 Å². The average molecular weight is 503 g/mol. The second-order valence-corrected chi connectivity index (χ2v) is 9.45. The molecule has 0 aromatic carbocycles. The predicted molar refractivity (Wildman–Crippen MR) is 126 cm³/mol. The van der Waals surface area contributed by atoms with Crippen LogP contribution in [0.15, 0.2) is 36.8 Å². The number of methoxy groups -OCH3 is 1. The summed E-state index contributed by atoms with van der Waals surface area (Å²) in [6.45, 7) is 5.29. The number of ether oxygens (including phenoxy) is 2. The standard InChI is InChI=1S/C23H28F2N8O3/c1-22(2,3)36-21(34)27-19-14-32(8-7-23(19,24)25)20-6-5-16(28-30-20)12-33-13-18(29-31-33)15-9-17(35-4)11-26-10-15/h5-6,9-11,13,19H,7-8,12,14H2,1-4H3,(H,27,34). The molecule has 36 heavy (non-hydrogen) atoms. The Balaban J connectivity index is 1.39. The minimum absolute atomic E-state index is 0.0779. The molecule has 1 aliphatic rings. The zero-order valence-electron chi connectivity index (χ0n) is 20.5. The van der Waals surface area contributed by atoms with Crippen LogP contribution in [0.2, 0.25) is 0 Å². The van der Waals surface area contributed by atoms with Crippen LogP contribution in [0.3, 0.4) is 0 Å². The van der Waals surface area contributed by atoms with Crippen LogP contribution in [0.1, 0.15) is 32.9 Å². The molecule has 192 valence electrons. The molecule has 13 heteroatoms. The van der Waals surface area contributed by atoms with Crippen molar-refractivity contribution < 1.29 is 23.0 Å². The Labute approximate surface area is 206 Å². The molecule has 1 N–H and O–H groups in total. The molecule has 0 aliphatic carbocycles. The van der Waals surface area contributed by atoms with E-state index in [0.29, 0.717) is 29.5 Å². The van der Waals surface area contributed by atoms with E-state index in [1.54, 1.807) is 68.2 Å². The fraction of sp³-hybridized carbons (Fsp3) is 0.478. The van der Waals surface area contributed by atoms with Crippen molar-refractivity contribution in [3.8, 4) is 17.0 Å². The summed E-state index contributed by atoms with van der Waals surface area (Å²) in [4.78, 5) is 17.8. The topological polar surface area (TPSA) is 120 Å². The molecule has 11 nitrogen and oxygen atoms in total. The zero-order chi connectivity index (χ0) is 25.9. The molecule has 1 aliphatic heterocycles. The van der Waals surface area contributed by atoms with Gasteiger partial charge in [-0.1, -0.05) is 5.21 Å². The molecule has 1 atom stereocenters. The molecule has 0 saturated carbocycles. The average Bonchev–Trinajstić information content (AvgIpc) is 3.28. The van der Waals surface area contributed by atoms with Gasteiger partial charge in [0.05, 0.1) is 31.7 Å². The number of pyridine rings is 1. The van der Waals surface area contributed by atoms with Crippen molar-refractivity contribution in [2.75, 3.05) is 25.1 Å². The van der Waals surface area contributed by atoms with Gasteiger partial charge in [0.1, 0.15) is 23.1 Å². The number of carbonyl (C=O) groups is 1. The minimum Gasteiger partial charge on any atom is -0.495 e. The number of rotatable bonds is 6. The monoisotopic (exact) mass is 502 g/mol. The SMILES string of the molecule is COc1cncc(-c2cn(Cc3ccc(N4CCC(F)(F)C(NC(=O)OC(C)(C)C)C4)nn3)nn2)c1. The molecule has 0 spiro atoms. The number of nitrogens with one attached hydrogen (secondary N) is 1. The van der Waals surface area contributed by atoms with Crippen molar-refractivity contribution in [1.82, 2.24) is 35.5 Å². The van der Waals surface area contributed by atoms with Crippen LogP contribution in [0.4, 0.5) is 19.4 Å². The fourth-order valence-electron chi connectivity index (χ4n) is 3.66. The molecule has 0 radical (unpaired) electrons. The maximum atomic E-state index is 14.5. The van der Waals surface area contributed by atoms with E-state index in [1.807, 2.05) is 6.07 Å². The smallest absolute Gasteiger partial charge is 0.408 e. The highest BCUT2D eigenvalue weighted by Gasteiger charge is 2.45. The van der Waals surface area contributed by atoms with E-state index >= 15 is 0 Å². The Bertz CT molecular complexity index is 1200. The molecule has 3 aromatic heterocycles. The first-order valence-electron chi connectivity index (χ1n) is 11.4. The van der Waals surface area contributed by atoms with Gasteiger partial charge >= 0.3 is 6.09 Å². The first-order chi connectivity index (χ1) is 17.0. The summed E-state index contributed by atoms with van der Waals surface area (Å²) in [7, 11) is 1.56. The number of nitrogens with zero attached hydrogens (tertiary/aromatic N) is 7. The summed E-state index contributed by atoms with van der Waals surface area (Å²) in [5.74, 6) is -2.02. The molecule has 1 amide bonds. The van der Waals surface area contributed by atoms with Crippen molar-refractivity contribution in [1.29, 1.82) is 0 Å². The normalized spacial score (nSPS) is 17.5. The van der Waals surface area contributed by atoms with Crippen LogP contribution >= 0.6 is 0 Å². The van der Waals surface area contributed by atoms with E-state index in [2.05, 4.69) is 30.8 Å². The molecule has 1 unspecified atom stereocenters. The predicted octanol–water partition coefficient (Wildman–Crippen LogP) is 2.93. The van der Waals surface area contributed by atoms with Crippen LogP contribution in [0.5, 0.6) is 5.75 Å². The maximum absolute atomic E-state index is 14.5. The number of carbonyl (C=O) groups excluding carboxylic acids is 1. The Hall–Kier alpha value is -3.90. The summed E-state index contributed by atoms with van der Waals surface area (Å²) >= 11 is 0. The highest BCUT2D eigenvalue weighted by molar-refractivity contribution is 5.68. The first-order valence-corrected chi connectivity index (χ1v) is 11.4. The number of piperidine rings is 1. The van der Waals surface area contributed by atoms with Gasteiger partial charge < -0.3 is 19.7 Å². The molecule has 1 fully saturated rings. The van der Waals surface area contributed by atoms with E-state index in [9.17, 15) is 13.6 Å². The summed E-state index contributed by atoms with van der Waals surface area (Å²) in [5, 5.41) is 19.0. The Morgan fingerprint density at radius 1 is 1.22 bits per heavy atom. The largest absolute Gasteiger partial charge is 0.495 e. The highest BCUT2D eigenvalue weighted by Crippen LogP contribution is 2.30. The number of hydrogen-bond acceptors (Lipinski definition) is 9. The Morgan fingerprint density at radius 2 is 2.03 bits per heavy atom. The molecule has 4 heterocycles. The number of anilines is 1. The quantitative estimate of drug-likeness (QED) is 0.542. The Morgan fingerprint density at radius 3 is 2.72 bits per heavy atom. The lowest BCUT2D eigenvalue weighted by molar-refractivity contribution is -0.0536. The van der Waals surface area contributed by atoms with Crippen LogP contribution in [0, 0.1) is 0 Å². The number of amides is 1. The Kier molecular flexibility index (Phi) is 7.00. The number of alkyl carbamates (subject to hydrolysis) is 1. The second kappa shape index (κ2) is 9.99. The lowest BCUT2D eigenvalue weighted by Crippen LogP contribution is -2.59. The third-order valence-electron chi connectivity index (χ3n) is 5.46. The molecule has 1 saturated heterocycles. The van der Waals surface area contributed by atoms with Crippen LogP contribution in [-0.4, -0.2) is 74.0 Å². The minimum atomic E-state index is -3.07. The highest BCUT2D eigenvalue weighted by atomic mass is 19.3. The third-order valence-corrected chi connectivity index (χ3v) is 5.46. The van der Waals surface area contributed by atoms with Gasteiger partial charge in [-0.25, -0.2) is 18.3 Å². The van der Waals surface area contributed by atoms with E-state index in [4.69, 9.17) is 9.47 Å². The molecular weight excluding hydrogens is 474 g/mol. The number of aromatic nitrogens is 6. The molecule has 0 bridgehead atoms. The lowest BCUT2D eigenvalue weighted by Gasteiger charge is -2.39. The van der Waals surface area contributed by atoms with Crippen LogP contribution < -0.4 is 15.0 Å². The van der Waals surface area contributed by atoms with Gasteiger partial charge in [0.2, 0.25) is 0 Å². The lowest BCUT2D eigenvalue weighted by atomic mass is 10.0. The van der Waals surface area contributed by atoms with Gasteiger partial charge in [-0.2, -0.15) is 5.10 Å². The number of alkyl halides is 2. The molecule has 4 rings (SSSR count). The summed E-state index contributed by atoms with van der Waals surface area (Å²) < 4.78 is 40.9.